The Morgan fingerprint density at radius 1 is 1.12 bits per heavy atom. The summed E-state index contributed by atoms with van der Waals surface area (Å²) >= 11 is 12.7. The van der Waals surface area contributed by atoms with Crippen molar-refractivity contribution in [1.29, 1.82) is 5.26 Å². The largest absolute Gasteiger partial charge is 0.373 e. The monoisotopic (exact) mass is 575 g/mol. The molecule has 2 atom stereocenters. The number of pyridine rings is 2. The molecule has 1 saturated heterocycles. The summed E-state index contributed by atoms with van der Waals surface area (Å²) in [7, 11) is 0. The first-order chi connectivity index (χ1) is 19.5. The molecule has 40 heavy (non-hydrogen) atoms. The van der Waals surface area contributed by atoms with Crippen molar-refractivity contribution in [2.75, 3.05) is 23.7 Å². The van der Waals surface area contributed by atoms with E-state index in [-0.39, 0.29) is 11.1 Å². The molecule has 202 valence electrons. The first kappa shape index (κ1) is 26.1. The van der Waals surface area contributed by atoms with Crippen LogP contribution in [0.3, 0.4) is 0 Å². The Bertz CT molecular complexity index is 1630. The Balaban J connectivity index is 1.40. The molecule has 4 heterocycles. The second-order valence-corrected chi connectivity index (χ2v) is 10.3. The quantitative estimate of drug-likeness (QED) is 0.198. The second kappa shape index (κ2) is 11.2. The van der Waals surface area contributed by atoms with Crippen LogP contribution >= 0.6 is 23.2 Å². The number of nitrogens with one attached hydrogen (secondary N) is 5. The van der Waals surface area contributed by atoms with Gasteiger partial charge in [-0.25, -0.2) is 4.39 Å². The lowest BCUT2D eigenvalue weighted by molar-refractivity contribution is 0.207. The molecule has 2 aromatic heterocycles. The van der Waals surface area contributed by atoms with Crippen LogP contribution in [-0.4, -0.2) is 34.1 Å². The van der Waals surface area contributed by atoms with Gasteiger partial charge in [-0.2, -0.15) is 5.26 Å². The van der Waals surface area contributed by atoms with Crippen LogP contribution in [0.1, 0.15) is 23.6 Å². The van der Waals surface area contributed by atoms with Crippen LogP contribution in [-0.2, 0) is 0 Å². The average Bonchev–Trinajstić information content (AvgIpc) is 3.67. The molecule has 12 heteroatoms. The van der Waals surface area contributed by atoms with Gasteiger partial charge in [-0.1, -0.05) is 29.3 Å². The smallest absolute Gasteiger partial charge is 0.141 e. The normalized spacial score (nSPS) is 17.3. The van der Waals surface area contributed by atoms with Gasteiger partial charge in [-0.05, 0) is 54.9 Å². The minimum absolute atomic E-state index is 0.0325. The molecule has 2 aliphatic rings. The summed E-state index contributed by atoms with van der Waals surface area (Å²) < 4.78 is 13.8. The fraction of sp³-hybridized carbons (Fsp3) is 0.179. The molecule has 0 aliphatic carbocycles. The third-order valence-electron chi connectivity index (χ3n) is 6.91. The fourth-order valence-corrected chi connectivity index (χ4v) is 5.35. The maximum atomic E-state index is 13.8. The third-order valence-corrected chi connectivity index (χ3v) is 7.49. The number of hydrogen-bond donors (Lipinski definition) is 5. The molecule has 1 fully saturated rings. The highest BCUT2D eigenvalue weighted by atomic mass is 35.5. The van der Waals surface area contributed by atoms with Crippen molar-refractivity contribution in [2.24, 2.45) is 0 Å². The number of anilines is 3. The van der Waals surface area contributed by atoms with Gasteiger partial charge in [0.05, 0.1) is 44.6 Å². The molecule has 0 amide bonds. The molecule has 9 nitrogen and oxygen atoms in total. The molecule has 1 unspecified atom stereocenters. The van der Waals surface area contributed by atoms with Crippen molar-refractivity contribution in [3.8, 4) is 6.07 Å². The van der Waals surface area contributed by atoms with Crippen LogP contribution in [0.25, 0.3) is 10.9 Å². The van der Waals surface area contributed by atoms with E-state index in [1.54, 1.807) is 18.3 Å². The number of aromatic nitrogens is 2. The van der Waals surface area contributed by atoms with Gasteiger partial charge < -0.3 is 21.4 Å². The van der Waals surface area contributed by atoms with Crippen LogP contribution in [0.5, 0.6) is 0 Å². The number of nitriles is 1. The van der Waals surface area contributed by atoms with Gasteiger partial charge >= 0.3 is 0 Å². The van der Waals surface area contributed by atoms with E-state index in [0.29, 0.717) is 44.6 Å². The van der Waals surface area contributed by atoms with Crippen LogP contribution in [0.4, 0.5) is 21.5 Å². The standard InChI is InChI=1S/C28H24Cl2FN9/c29-22-9-18(3-4-24(22)31)36-26-17(11-32)13-35-28-21(26)8-19(10-23(28)30)37-27(16-2-1-6-33-12-16)25-15-40(39-38-25)20-5-7-34-14-20/h1-4,6,8-10,12-13,15,20,27,34,37-39H,5,7,14H2,(H,35,36)/t20-,27?/m1/s1. The highest BCUT2D eigenvalue weighted by Crippen LogP contribution is 2.37. The number of nitrogens with zero attached hydrogens (tertiary/aromatic N) is 4. The maximum absolute atomic E-state index is 13.8. The van der Waals surface area contributed by atoms with Gasteiger partial charge in [0, 0.05) is 48.1 Å². The summed E-state index contributed by atoms with van der Waals surface area (Å²) in [5.74, 6) is -0.532. The summed E-state index contributed by atoms with van der Waals surface area (Å²) in [4.78, 5) is 8.75. The third kappa shape index (κ3) is 5.20. The van der Waals surface area contributed by atoms with Crippen LogP contribution in [0.2, 0.25) is 10.0 Å². The molecule has 0 bridgehead atoms. The first-order valence-corrected chi connectivity index (χ1v) is 13.4. The second-order valence-electron chi connectivity index (χ2n) is 9.51. The van der Waals surface area contributed by atoms with Crippen LogP contribution < -0.4 is 26.9 Å². The molecule has 2 aromatic carbocycles. The summed E-state index contributed by atoms with van der Waals surface area (Å²) in [5.41, 5.74) is 10.9. The molecule has 0 spiro atoms. The summed E-state index contributed by atoms with van der Waals surface area (Å²) in [5, 5.41) is 23.1. The molecule has 0 saturated carbocycles. The van der Waals surface area contributed by atoms with Crippen LogP contribution in [0, 0.1) is 17.1 Å². The summed E-state index contributed by atoms with van der Waals surface area (Å²) in [6.07, 6.45) is 8.09. The Labute approximate surface area is 239 Å². The first-order valence-electron chi connectivity index (χ1n) is 12.6. The Morgan fingerprint density at radius 3 is 2.75 bits per heavy atom. The van der Waals surface area contributed by atoms with Crippen molar-refractivity contribution in [2.45, 2.75) is 18.5 Å². The Morgan fingerprint density at radius 2 is 2.00 bits per heavy atom. The number of benzene rings is 2. The van der Waals surface area contributed by atoms with Crippen molar-refractivity contribution in [3.05, 3.63) is 99.9 Å². The van der Waals surface area contributed by atoms with E-state index < -0.39 is 5.82 Å². The number of halogens is 3. The molecular weight excluding hydrogens is 552 g/mol. The topological polar surface area (TPSA) is 113 Å². The molecule has 4 aromatic rings. The highest BCUT2D eigenvalue weighted by molar-refractivity contribution is 6.36. The predicted molar refractivity (Wildman–Crippen MR) is 154 cm³/mol. The van der Waals surface area contributed by atoms with E-state index in [2.05, 4.69) is 54.2 Å². The van der Waals surface area contributed by atoms with Crippen molar-refractivity contribution in [1.82, 2.24) is 31.3 Å². The lowest BCUT2D eigenvalue weighted by Crippen LogP contribution is -2.44. The zero-order valence-corrected chi connectivity index (χ0v) is 22.6. The highest BCUT2D eigenvalue weighted by Gasteiger charge is 2.28. The van der Waals surface area contributed by atoms with Crippen molar-refractivity contribution in [3.63, 3.8) is 0 Å². The van der Waals surface area contributed by atoms with Gasteiger partial charge in [-0.15, -0.1) is 5.53 Å². The number of hydrazine groups is 2. The van der Waals surface area contributed by atoms with Crippen molar-refractivity contribution < 1.29 is 4.39 Å². The lowest BCUT2D eigenvalue weighted by atomic mass is 10.0. The van der Waals surface area contributed by atoms with Gasteiger partial charge in [0.25, 0.3) is 0 Å². The summed E-state index contributed by atoms with van der Waals surface area (Å²) in [6.45, 7) is 1.87. The van der Waals surface area contributed by atoms with Gasteiger partial charge in [0.15, 0.2) is 0 Å². The SMILES string of the molecule is N#Cc1cnc2c(Cl)cc(NC(C3=CN([C@@H]4CCNC4)NN3)c3cccnc3)cc2c1Nc1ccc(F)c(Cl)c1. The molecule has 2 aliphatic heterocycles. The Hall–Kier alpha value is -4.14. The number of hydrogen-bond acceptors (Lipinski definition) is 9. The summed E-state index contributed by atoms with van der Waals surface area (Å²) in [6, 6.07) is 14.0. The van der Waals surface area contributed by atoms with E-state index in [1.165, 1.54) is 18.3 Å². The van der Waals surface area contributed by atoms with E-state index in [9.17, 15) is 9.65 Å². The van der Waals surface area contributed by atoms with Gasteiger partial charge in [0.2, 0.25) is 0 Å². The van der Waals surface area contributed by atoms with E-state index in [4.69, 9.17) is 23.2 Å². The Kier molecular flexibility index (Phi) is 7.28. The molecule has 0 radical (unpaired) electrons. The zero-order chi connectivity index (χ0) is 27.6. The van der Waals surface area contributed by atoms with E-state index in [1.807, 2.05) is 24.4 Å². The minimum Gasteiger partial charge on any atom is -0.373 e. The maximum Gasteiger partial charge on any atom is 0.141 e. The number of fused-ring (bicyclic) bond motifs is 1. The van der Waals surface area contributed by atoms with Crippen LogP contribution in [0.15, 0.2) is 73.0 Å². The molecule has 6 rings (SSSR count). The van der Waals surface area contributed by atoms with Gasteiger partial charge in [-0.3, -0.25) is 15.0 Å². The lowest BCUT2D eigenvalue weighted by Gasteiger charge is -2.22. The van der Waals surface area contributed by atoms with E-state index >= 15 is 0 Å². The molecular formula is C28H24Cl2FN9. The zero-order valence-electron chi connectivity index (χ0n) is 21.0. The van der Waals surface area contributed by atoms with Crippen molar-refractivity contribution >= 4 is 51.2 Å². The molecule has 5 N–H and O–H groups in total. The fourth-order valence-electron chi connectivity index (χ4n) is 4.90. The van der Waals surface area contributed by atoms with Gasteiger partial charge in [0.1, 0.15) is 11.9 Å². The average molecular weight is 576 g/mol. The predicted octanol–water partition coefficient (Wildman–Crippen LogP) is 5.37. The van der Waals surface area contributed by atoms with E-state index in [0.717, 1.165) is 30.8 Å². The number of rotatable bonds is 7. The minimum atomic E-state index is -0.532.